The molecular weight excluding hydrogens is 538 g/mol. The van der Waals surface area contributed by atoms with Crippen LogP contribution in [0.3, 0.4) is 0 Å². The maximum absolute atomic E-state index is 13.9. The lowest BCUT2D eigenvalue weighted by molar-refractivity contribution is -0.143. The number of ether oxygens (including phenoxy) is 1. The van der Waals surface area contributed by atoms with Crippen LogP contribution in [0, 0.1) is 5.41 Å². The second-order valence-corrected chi connectivity index (χ2v) is 10.9. The first-order chi connectivity index (χ1) is 18.9. The van der Waals surface area contributed by atoms with Gasteiger partial charge in [-0.1, -0.05) is 41.9 Å². The van der Waals surface area contributed by atoms with Crippen LogP contribution in [-0.4, -0.2) is 82.9 Å². The van der Waals surface area contributed by atoms with Crippen LogP contribution in [0.5, 0.6) is 5.75 Å². The number of likely N-dealkylation sites (tertiary alicyclic amines) is 1. The van der Waals surface area contributed by atoms with E-state index in [0.29, 0.717) is 30.2 Å². The van der Waals surface area contributed by atoms with E-state index < -0.39 is 34.9 Å². The van der Waals surface area contributed by atoms with Crippen molar-refractivity contribution in [3.63, 3.8) is 0 Å². The molecule has 4 amide bonds. The number of rotatable bonds is 9. The molecule has 2 unspecified atom stereocenters. The molecule has 0 spiro atoms. The predicted molar refractivity (Wildman–Crippen MR) is 148 cm³/mol. The van der Waals surface area contributed by atoms with Gasteiger partial charge in [0.1, 0.15) is 29.4 Å². The molecule has 0 radical (unpaired) electrons. The van der Waals surface area contributed by atoms with Crippen LogP contribution in [0.25, 0.3) is 0 Å². The molecule has 0 aliphatic carbocycles. The molecule has 11 nitrogen and oxygen atoms in total. The maximum atomic E-state index is 13.9. The maximum Gasteiger partial charge on any atom is 0.405 e. The van der Waals surface area contributed by atoms with E-state index in [0.717, 1.165) is 11.3 Å². The van der Waals surface area contributed by atoms with Gasteiger partial charge in [-0.05, 0) is 50.1 Å². The number of hydrogen-bond acceptors (Lipinski definition) is 6. The first-order valence-electron chi connectivity index (χ1n) is 12.8. The molecule has 3 N–H and O–H groups in total. The minimum absolute atomic E-state index is 0.0762. The Labute approximate surface area is 237 Å². The predicted octanol–water partition coefficient (Wildman–Crippen LogP) is 2.54. The Morgan fingerprint density at radius 1 is 1.15 bits per heavy atom. The molecule has 2 aromatic rings. The smallest absolute Gasteiger partial charge is 0.405 e. The zero-order valence-electron chi connectivity index (χ0n) is 22.5. The molecule has 0 saturated carbocycles. The Bertz CT molecular complexity index is 1320. The van der Waals surface area contributed by atoms with Crippen LogP contribution in [0.15, 0.2) is 59.7 Å². The summed E-state index contributed by atoms with van der Waals surface area (Å²) >= 11 is 5.96. The van der Waals surface area contributed by atoms with E-state index in [2.05, 4.69) is 15.7 Å². The Morgan fingerprint density at radius 2 is 1.82 bits per heavy atom. The van der Waals surface area contributed by atoms with Gasteiger partial charge < -0.3 is 25.4 Å². The lowest BCUT2D eigenvalue weighted by Gasteiger charge is -2.40. The highest BCUT2D eigenvalue weighted by Gasteiger charge is 2.54. The van der Waals surface area contributed by atoms with Crippen molar-refractivity contribution in [3.8, 4) is 5.75 Å². The second kappa shape index (κ2) is 11.5. The third-order valence-corrected chi connectivity index (χ3v) is 7.34. The largest absolute Gasteiger partial charge is 0.491 e. The number of nitrogens with zero attached hydrogens (tertiary/aromatic N) is 3. The zero-order chi connectivity index (χ0) is 29.1. The van der Waals surface area contributed by atoms with E-state index in [1.54, 1.807) is 36.2 Å². The molecule has 2 atom stereocenters. The van der Waals surface area contributed by atoms with Crippen molar-refractivity contribution in [2.24, 2.45) is 10.5 Å². The van der Waals surface area contributed by atoms with E-state index in [-0.39, 0.29) is 19.1 Å². The average molecular weight is 570 g/mol. The number of amides is 4. The summed E-state index contributed by atoms with van der Waals surface area (Å²) in [7, 11) is 1.60. The van der Waals surface area contributed by atoms with Gasteiger partial charge in [0, 0.05) is 31.6 Å². The summed E-state index contributed by atoms with van der Waals surface area (Å²) < 4.78 is 5.82. The van der Waals surface area contributed by atoms with Crippen LogP contribution in [-0.2, 0) is 20.8 Å². The topological polar surface area (TPSA) is 141 Å². The molecular formula is C28H32ClN5O6. The van der Waals surface area contributed by atoms with Crippen molar-refractivity contribution < 1.29 is 29.0 Å². The number of hydrogen-bond donors (Lipinski definition) is 3. The number of hydrazone groups is 1. The minimum Gasteiger partial charge on any atom is -0.491 e. The summed E-state index contributed by atoms with van der Waals surface area (Å²) in [6, 6.07) is 14.9. The fraction of sp³-hybridized carbons (Fsp3) is 0.393. The number of fused-ring (bicyclic) bond motifs is 1. The summed E-state index contributed by atoms with van der Waals surface area (Å²) in [5.41, 5.74) is -0.895. The SMILES string of the molecule is CN1N=C2CCN(C(=O)C(COc3ccc(Cl)cc3)NC(=O)C(C)(C)NC(=O)O)CC2(Cc2ccccc2)C1=O. The van der Waals surface area contributed by atoms with Crippen LogP contribution in [0.2, 0.25) is 5.02 Å². The van der Waals surface area contributed by atoms with Crippen LogP contribution < -0.4 is 15.4 Å². The second-order valence-electron chi connectivity index (χ2n) is 10.5. The minimum atomic E-state index is -1.52. The third kappa shape index (κ3) is 6.20. The zero-order valence-corrected chi connectivity index (χ0v) is 23.3. The number of carboxylic acid groups (broad SMARTS) is 1. The number of piperidine rings is 1. The number of carbonyl (C=O) groups is 4. The molecule has 2 aliphatic heterocycles. The molecule has 2 aliphatic rings. The summed E-state index contributed by atoms with van der Waals surface area (Å²) in [5, 5.41) is 20.3. The van der Waals surface area contributed by atoms with Crippen LogP contribution in [0.1, 0.15) is 25.8 Å². The Balaban J connectivity index is 1.59. The standard InChI is InChI=1S/C28H32ClN5O6/c1-27(2,31-26(38)39)24(36)30-21(16-40-20-11-9-19(29)10-12-20)23(35)34-14-13-22-28(17-34,25(37)33(3)32-22)15-18-7-5-4-6-8-18/h4-12,21,31H,13-17H2,1-3H3,(H,30,36)(H,38,39). The number of benzene rings is 2. The third-order valence-electron chi connectivity index (χ3n) is 7.09. The van der Waals surface area contributed by atoms with Gasteiger partial charge in [0.25, 0.3) is 5.91 Å². The van der Waals surface area contributed by atoms with Crippen molar-refractivity contribution in [3.05, 3.63) is 65.2 Å². The monoisotopic (exact) mass is 569 g/mol. The quantitative estimate of drug-likeness (QED) is 0.424. The normalized spacial score (nSPS) is 19.4. The Hall–Kier alpha value is -4.12. The summed E-state index contributed by atoms with van der Waals surface area (Å²) in [6.07, 6.45) is -0.623. The van der Waals surface area contributed by atoms with E-state index in [9.17, 15) is 19.2 Å². The van der Waals surface area contributed by atoms with Gasteiger partial charge in [0.2, 0.25) is 11.8 Å². The summed E-state index contributed by atoms with van der Waals surface area (Å²) in [4.78, 5) is 53.2. The highest BCUT2D eigenvalue weighted by atomic mass is 35.5. The van der Waals surface area contributed by atoms with E-state index >= 15 is 0 Å². The Kier molecular flexibility index (Phi) is 8.34. The van der Waals surface area contributed by atoms with Crippen molar-refractivity contribution in [1.82, 2.24) is 20.5 Å². The average Bonchev–Trinajstić information content (AvgIpc) is 3.15. The first kappa shape index (κ1) is 28.9. The molecule has 4 rings (SSSR count). The van der Waals surface area contributed by atoms with Gasteiger partial charge in [0.05, 0.1) is 5.71 Å². The van der Waals surface area contributed by atoms with Gasteiger partial charge in [-0.2, -0.15) is 5.10 Å². The van der Waals surface area contributed by atoms with Crippen molar-refractivity contribution in [2.75, 3.05) is 26.7 Å². The molecule has 1 fully saturated rings. The molecule has 12 heteroatoms. The molecule has 2 aromatic carbocycles. The number of carbonyl (C=O) groups excluding carboxylic acids is 3. The summed E-state index contributed by atoms with van der Waals surface area (Å²) in [5.74, 6) is -0.931. The lowest BCUT2D eigenvalue weighted by atomic mass is 9.73. The van der Waals surface area contributed by atoms with Crippen LogP contribution >= 0.6 is 11.6 Å². The van der Waals surface area contributed by atoms with Gasteiger partial charge in [-0.3, -0.25) is 14.4 Å². The molecule has 40 heavy (non-hydrogen) atoms. The first-order valence-corrected chi connectivity index (χ1v) is 13.2. The van der Waals surface area contributed by atoms with Crippen molar-refractivity contribution >= 4 is 41.1 Å². The van der Waals surface area contributed by atoms with E-state index in [4.69, 9.17) is 21.4 Å². The van der Waals surface area contributed by atoms with Gasteiger partial charge >= 0.3 is 6.09 Å². The highest BCUT2D eigenvalue weighted by molar-refractivity contribution is 6.30. The molecule has 212 valence electrons. The van der Waals surface area contributed by atoms with Crippen LogP contribution in [0.4, 0.5) is 4.79 Å². The molecule has 0 bridgehead atoms. The van der Waals surface area contributed by atoms with Crippen molar-refractivity contribution in [2.45, 2.75) is 38.3 Å². The van der Waals surface area contributed by atoms with Crippen molar-refractivity contribution in [1.29, 1.82) is 0 Å². The molecule has 1 saturated heterocycles. The van der Waals surface area contributed by atoms with E-state index in [1.165, 1.54) is 18.9 Å². The fourth-order valence-corrected chi connectivity index (χ4v) is 5.11. The van der Waals surface area contributed by atoms with Gasteiger partial charge in [-0.15, -0.1) is 0 Å². The lowest BCUT2D eigenvalue weighted by Crippen LogP contribution is -2.62. The van der Waals surface area contributed by atoms with E-state index in [1.807, 2.05) is 30.3 Å². The number of halogens is 1. The highest BCUT2D eigenvalue weighted by Crippen LogP contribution is 2.38. The number of nitrogens with one attached hydrogen (secondary N) is 2. The van der Waals surface area contributed by atoms with Gasteiger partial charge in [0.15, 0.2) is 0 Å². The Morgan fingerprint density at radius 3 is 2.48 bits per heavy atom. The molecule has 2 heterocycles. The van der Waals surface area contributed by atoms with Gasteiger partial charge in [-0.25, -0.2) is 9.80 Å². The summed E-state index contributed by atoms with van der Waals surface area (Å²) in [6.45, 7) is 2.92. The molecule has 0 aromatic heterocycles. The fourth-order valence-electron chi connectivity index (χ4n) is 4.98.